The van der Waals surface area contributed by atoms with Crippen molar-refractivity contribution in [2.24, 2.45) is 5.92 Å². The van der Waals surface area contributed by atoms with E-state index in [0.717, 1.165) is 5.01 Å². The Morgan fingerprint density at radius 3 is 2.82 bits per heavy atom. The lowest BCUT2D eigenvalue weighted by atomic mass is 10.1. The molecule has 17 heavy (non-hydrogen) atoms. The molecule has 0 aliphatic rings. The summed E-state index contributed by atoms with van der Waals surface area (Å²) < 4.78 is 0. The number of carboxylic acid groups (broad SMARTS) is 1. The maximum Gasteiger partial charge on any atom is 0.306 e. The van der Waals surface area contributed by atoms with Crippen LogP contribution < -0.4 is 5.32 Å². The quantitative estimate of drug-likeness (QED) is 0.759. The van der Waals surface area contributed by atoms with Gasteiger partial charge in [0.15, 0.2) is 0 Å². The lowest BCUT2D eigenvalue weighted by Crippen LogP contribution is -2.24. The molecule has 2 N–H and O–H groups in total. The molecule has 0 aliphatic heterocycles. The van der Waals surface area contributed by atoms with Gasteiger partial charge in [-0.15, -0.1) is 11.3 Å². The molecule has 94 valence electrons. The molecule has 1 unspecified atom stereocenters. The normalized spacial score (nSPS) is 12.1. The Bertz CT molecular complexity index is 403. The second kappa shape index (κ2) is 6.34. The van der Waals surface area contributed by atoms with Gasteiger partial charge in [-0.2, -0.15) is 0 Å². The average Bonchev–Trinajstić information content (AvgIpc) is 2.70. The summed E-state index contributed by atoms with van der Waals surface area (Å²) in [4.78, 5) is 26.7. The van der Waals surface area contributed by atoms with Crippen LogP contribution >= 0.6 is 11.3 Å². The van der Waals surface area contributed by atoms with Crippen LogP contribution in [0.4, 0.5) is 0 Å². The number of nitrogens with zero attached hydrogens (tertiary/aromatic N) is 1. The minimum atomic E-state index is -0.797. The number of aryl methyl sites for hydroxylation is 1. The summed E-state index contributed by atoms with van der Waals surface area (Å²) in [6.07, 6.45) is 2.78. The number of carboxylic acids is 1. The SMILES string of the molecule is Cc1ncc(C(=O)NCCCC(C)C(=O)O)s1. The highest BCUT2D eigenvalue weighted by Gasteiger charge is 2.11. The number of aliphatic carboxylic acids is 1. The Kier molecular flexibility index (Phi) is 5.09. The third-order valence-corrected chi connectivity index (χ3v) is 3.28. The third kappa shape index (κ3) is 4.52. The fraction of sp³-hybridized carbons (Fsp3) is 0.545. The molecule has 1 amide bonds. The molecule has 0 aliphatic carbocycles. The van der Waals surface area contributed by atoms with Gasteiger partial charge >= 0.3 is 5.97 Å². The summed E-state index contributed by atoms with van der Waals surface area (Å²) in [5, 5.41) is 12.3. The number of amides is 1. The molecule has 0 saturated carbocycles. The molecular formula is C11H16N2O3S. The Balaban J connectivity index is 2.23. The summed E-state index contributed by atoms with van der Waals surface area (Å²) in [5.41, 5.74) is 0. The number of nitrogens with one attached hydrogen (secondary N) is 1. The zero-order valence-corrected chi connectivity index (χ0v) is 10.7. The first-order chi connectivity index (χ1) is 8.00. The molecule has 1 heterocycles. The van der Waals surface area contributed by atoms with Gasteiger partial charge < -0.3 is 10.4 Å². The Hall–Kier alpha value is -1.43. The fourth-order valence-corrected chi connectivity index (χ4v) is 1.98. The van der Waals surface area contributed by atoms with E-state index in [2.05, 4.69) is 10.3 Å². The first-order valence-corrected chi connectivity index (χ1v) is 6.25. The molecule has 0 bridgehead atoms. The standard InChI is InChI=1S/C11H16N2O3S/c1-7(11(15)16)4-3-5-12-10(14)9-6-13-8(2)17-9/h6-7H,3-5H2,1-2H3,(H,12,14)(H,15,16). The number of rotatable bonds is 6. The molecule has 1 aromatic heterocycles. The summed E-state index contributed by atoms with van der Waals surface area (Å²) in [6.45, 7) is 4.00. The van der Waals surface area contributed by atoms with Gasteiger partial charge in [-0.1, -0.05) is 6.92 Å². The van der Waals surface area contributed by atoms with Crippen molar-refractivity contribution < 1.29 is 14.7 Å². The zero-order chi connectivity index (χ0) is 12.8. The minimum Gasteiger partial charge on any atom is -0.481 e. The zero-order valence-electron chi connectivity index (χ0n) is 9.90. The predicted molar refractivity (Wildman–Crippen MR) is 65.2 cm³/mol. The van der Waals surface area contributed by atoms with Crippen LogP contribution in [-0.4, -0.2) is 28.5 Å². The van der Waals surface area contributed by atoms with Crippen LogP contribution in [0.2, 0.25) is 0 Å². The van der Waals surface area contributed by atoms with Crippen LogP contribution in [0.1, 0.15) is 34.4 Å². The van der Waals surface area contributed by atoms with Gasteiger partial charge in [0.25, 0.3) is 5.91 Å². The highest BCUT2D eigenvalue weighted by Crippen LogP contribution is 2.11. The highest BCUT2D eigenvalue weighted by atomic mass is 32.1. The summed E-state index contributed by atoms with van der Waals surface area (Å²) in [6, 6.07) is 0. The third-order valence-electron chi connectivity index (χ3n) is 2.37. The molecule has 5 nitrogen and oxygen atoms in total. The smallest absolute Gasteiger partial charge is 0.306 e. The second-order valence-electron chi connectivity index (χ2n) is 3.88. The Morgan fingerprint density at radius 2 is 2.29 bits per heavy atom. The molecule has 1 aromatic rings. The van der Waals surface area contributed by atoms with Gasteiger partial charge in [0.2, 0.25) is 0 Å². The number of carbonyl (C=O) groups is 2. The van der Waals surface area contributed by atoms with E-state index in [4.69, 9.17) is 5.11 Å². The van der Waals surface area contributed by atoms with Gasteiger partial charge in [-0.3, -0.25) is 9.59 Å². The summed E-state index contributed by atoms with van der Waals surface area (Å²) >= 11 is 1.35. The molecule has 0 aromatic carbocycles. The van der Waals surface area contributed by atoms with E-state index in [1.165, 1.54) is 11.3 Å². The van der Waals surface area contributed by atoms with Crippen molar-refractivity contribution in [3.63, 3.8) is 0 Å². The monoisotopic (exact) mass is 256 g/mol. The molecular weight excluding hydrogens is 240 g/mol. The van der Waals surface area contributed by atoms with Crippen molar-refractivity contribution in [1.29, 1.82) is 0 Å². The van der Waals surface area contributed by atoms with Gasteiger partial charge in [0.05, 0.1) is 17.1 Å². The Labute approximate surface area is 104 Å². The van der Waals surface area contributed by atoms with Crippen LogP contribution in [0.15, 0.2) is 6.20 Å². The topological polar surface area (TPSA) is 79.3 Å². The van der Waals surface area contributed by atoms with Gasteiger partial charge in [0, 0.05) is 6.54 Å². The molecule has 1 rings (SSSR count). The summed E-state index contributed by atoms with van der Waals surface area (Å²) in [7, 11) is 0. The van der Waals surface area contributed by atoms with Crippen molar-refractivity contribution in [2.45, 2.75) is 26.7 Å². The maximum atomic E-state index is 11.6. The van der Waals surface area contributed by atoms with Crippen LogP contribution in [0.5, 0.6) is 0 Å². The largest absolute Gasteiger partial charge is 0.481 e. The van der Waals surface area contributed by atoms with Crippen LogP contribution in [0.25, 0.3) is 0 Å². The summed E-state index contributed by atoms with van der Waals surface area (Å²) in [5.74, 6) is -1.30. The first-order valence-electron chi connectivity index (χ1n) is 5.44. The van der Waals surface area contributed by atoms with E-state index in [0.29, 0.717) is 24.3 Å². The van der Waals surface area contributed by atoms with Crippen molar-refractivity contribution in [3.05, 3.63) is 16.1 Å². The van der Waals surface area contributed by atoms with E-state index in [1.807, 2.05) is 6.92 Å². The van der Waals surface area contributed by atoms with Gasteiger partial charge in [-0.05, 0) is 19.8 Å². The van der Waals surface area contributed by atoms with Gasteiger partial charge in [0.1, 0.15) is 4.88 Å². The number of thiazole rings is 1. The van der Waals surface area contributed by atoms with E-state index in [1.54, 1.807) is 13.1 Å². The van der Waals surface area contributed by atoms with E-state index in [-0.39, 0.29) is 11.8 Å². The molecule has 1 atom stereocenters. The number of aromatic nitrogens is 1. The van der Waals surface area contributed by atoms with Crippen molar-refractivity contribution in [2.75, 3.05) is 6.54 Å². The van der Waals surface area contributed by atoms with Crippen LogP contribution in [-0.2, 0) is 4.79 Å². The van der Waals surface area contributed by atoms with Crippen molar-refractivity contribution in [3.8, 4) is 0 Å². The molecule has 0 spiro atoms. The van der Waals surface area contributed by atoms with E-state index < -0.39 is 5.97 Å². The first kappa shape index (κ1) is 13.6. The lowest BCUT2D eigenvalue weighted by Gasteiger charge is -2.06. The lowest BCUT2D eigenvalue weighted by molar-refractivity contribution is -0.141. The number of hydrogen-bond acceptors (Lipinski definition) is 4. The fourth-order valence-electron chi connectivity index (χ4n) is 1.29. The maximum absolute atomic E-state index is 11.6. The van der Waals surface area contributed by atoms with Crippen molar-refractivity contribution in [1.82, 2.24) is 10.3 Å². The van der Waals surface area contributed by atoms with Crippen molar-refractivity contribution >= 4 is 23.2 Å². The van der Waals surface area contributed by atoms with Gasteiger partial charge in [-0.25, -0.2) is 4.98 Å². The second-order valence-corrected chi connectivity index (χ2v) is 5.12. The minimum absolute atomic E-state index is 0.140. The average molecular weight is 256 g/mol. The Morgan fingerprint density at radius 1 is 1.59 bits per heavy atom. The number of carbonyl (C=O) groups excluding carboxylic acids is 1. The molecule has 0 radical (unpaired) electrons. The number of hydrogen-bond donors (Lipinski definition) is 2. The molecule has 0 saturated heterocycles. The van der Waals surface area contributed by atoms with E-state index >= 15 is 0 Å². The molecule has 6 heteroatoms. The van der Waals surface area contributed by atoms with Crippen LogP contribution in [0, 0.1) is 12.8 Å². The predicted octanol–water partition coefficient (Wildman–Crippen LogP) is 1.68. The van der Waals surface area contributed by atoms with Crippen LogP contribution in [0.3, 0.4) is 0 Å². The molecule has 0 fully saturated rings. The highest BCUT2D eigenvalue weighted by molar-refractivity contribution is 7.13. The van der Waals surface area contributed by atoms with E-state index in [9.17, 15) is 9.59 Å².